The molecule has 1 aliphatic rings. The third-order valence-electron chi connectivity index (χ3n) is 5.45. The normalized spacial score (nSPS) is 16.4. The number of ether oxygens (including phenoxy) is 2. The average molecular weight is 435 g/mol. The van der Waals surface area contributed by atoms with Crippen LogP contribution in [-0.4, -0.2) is 64.6 Å². The number of aromatic nitrogens is 2. The lowest BCUT2D eigenvalue weighted by molar-refractivity contribution is -0.143. The Balaban J connectivity index is 1.44. The summed E-state index contributed by atoms with van der Waals surface area (Å²) in [5, 5.41) is 0.769. The zero-order chi connectivity index (χ0) is 22.5. The number of carbonyl (C=O) groups excluding carboxylic acids is 2. The number of fused-ring (bicyclic) bond motifs is 1. The average Bonchev–Trinajstić information content (AvgIpc) is 2.81. The zero-order valence-electron chi connectivity index (χ0n) is 17.8. The second kappa shape index (κ2) is 9.61. The lowest BCUT2D eigenvalue weighted by Crippen LogP contribution is -2.60. The van der Waals surface area contributed by atoms with Crippen molar-refractivity contribution >= 4 is 28.7 Å². The van der Waals surface area contributed by atoms with Crippen molar-refractivity contribution in [3.05, 3.63) is 66.0 Å². The van der Waals surface area contributed by atoms with Gasteiger partial charge in [-0.25, -0.2) is 14.8 Å². The monoisotopic (exact) mass is 435 g/mol. The first-order valence-electron chi connectivity index (χ1n) is 10.3. The Kier molecular flexibility index (Phi) is 6.46. The van der Waals surface area contributed by atoms with E-state index in [1.165, 1.54) is 18.3 Å². The van der Waals surface area contributed by atoms with E-state index in [1.807, 2.05) is 48.5 Å². The maximum atomic E-state index is 13.2. The van der Waals surface area contributed by atoms with Crippen LogP contribution in [0.25, 0.3) is 10.9 Å². The van der Waals surface area contributed by atoms with Crippen molar-refractivity contribution in [1.29, 1.82) is 0 Å². The van der Waals surface area contributed by atoms with Crippen LogP contribution < -0.4 is 5.73 Å². The van der Waals surface area contributed by atoms with Gasteiger partial charge in [0.15, 0.2) is 0 Å². The first-order chi connectivity index (χ1) is 15.6. The van der Waals surface area contributed by atoms with Gasteiger partial charge in [0.05, 0.1) is 12.1 Å². The Morgan fingerprint density at radius 3 is 2.72 bits per heavy atom. The van der Waals surface area contributed by atoms with Crippen LogP contribution in [0.15, 0.2) is 54.9 Å². The number of benzene rings is 2. The molecule has 9 nitrogen and oxygen atoms in total. The Labute approximate surface area is 185 Å². The van der Waals surface area contributed by atoms with Crippen LogP contribution in [0.2, 0.25) is 0 Å². The van der Waals surface area contributed by atoms with Crippen LogP contribution in [0.1, 0.15) is 11.1 Å². The predicted octanol–water partition coefficient (Wildman–Crippen LogP) is 2.21. The minimum atomic E-state index is -0.740. The highest BCUT2D eigenvalue weighted by Crippen LogP contribution is 2.21. The van der Waals surface area contributed by atoms with Gasteiger partial charge in [-0.1, -0.05) is 36.4 Å². The number of nitrogen functional groups attached to an aromatic ring is 1. The fraction of sp³-hybridized carbons (Fsp3) is 0.304. The van der Waals surface area contributed by atoms with Gasteiger partial charge < -0.3 is 20.1 Å². The first kappa shape index (κ1) is 21.5. The molecule has 2 heterocycles. The Morgan fingerprint density at radius 1 is 1.12 bits per heavy atom. The number of amides is 2. The Hall–Kier alpha value is -3.72. The summed E-state index contributed by atoms with van der Waals surface area (Å²) in [4.78, 5) is 37.3. The van der Waals surface area contributed by atoms with Gasteiger partial charge in [0, 0.05) is 32.1 Å². The van der Waals surface area contributed by atoms with Crippen molar-refractivity contribution in [3.8, 4) is 0 Å². The van der Waals surface area contributed by atoms with E-state index in [0.29, 0.717) is 25.5 Å². The standard InChI is InChI=1S/C23H25N5O4/c1-31-14-20-22(29)27(12-17-7-8-18-19(11-17)25-15-26-21(18)24)9-10-28(20)23(30)32-13-16-5-3-2-4-6-16/h2-8,11,15,20H,9-10,12-14H2,1H3,(H2,24,25,26). The number of methoxy groups -OCH3 is 1. The molecule has 2 amide bonds. The molecule has 1 aliphatic heterocycles. The molecular formula is C23H25N5O4. The first-order valence-corrected chi connectivity index (χ1v) is 10.3. The van der Waals surface area contributed by atoms with E-state index in [-0.39, 0.29) is 19.1 Å². The lowest BCUT2D eigenvalue weighted by atomic mass is 10.1. The number of hydrogen-bond donors (Lipinski definition) is 1. The van der Waals surface area contributed by atoms with Crippen molar-refractivity contribution in [2.45, 2.75) is 19.2 Å². The smallest absolute Gasteiger partial charge is 0.410 e. The molecule has 0 bridgehead atoms. The highest BCUT2D eigenvalue weighted by atomic mass is 16.6. The summed E-state index contributed by atoms with van der Waals surface area (Å²) in [6.45, 7) is 1.39. The van der Waals surface area contributed by atoms with E-state index in [4.69, 9.17) is 15.2 Å². The maximum absolute atomic E-state index is 13.2. The summed E-state index contributed by atoms with van der Waals surface area (Å²) in [7, 11) is 1.51. The summed E-state index contributed by atoms with van der Waals surface area (Å²) in [6.07, 6.45) is 0.892. The van der Waals surface area contributed by atoms with Crippen LogP contribution in [0.4, 0.5) is 10.6 Å². The molecule has 1 aromatic heterocycles. The number of piperazine rings is 1. The summed E-state index contributed by atoms with van der Waals surface area (Å²) in [5.41, 5.74) is 8.41. The SMILES string of the molecule is COCC1C(=O)N(Cc2ccc3c(N)ncnc3c2)CCN1C(=O)OCc1ccccc1. The topological polar surface area (TPSA) is 111 Å². The molecule has 1 atom stereocenters. The Morgan fingerprint density at radius 2 is 1.94 bits per heavy atom. The van der Waals surface area contributed by atoms with E-state index in [2.05, 4.69) is 9.97 Å². The molecule has 0 spiro atoms. The summed E-state index contributed by atoms with van der Waals surface area (Å²) < 4.78 is 10.7. The molecular weight excluding hydrogens is 410 g/mol. The van der Waals surface area contributed by atoms with E-state index >= 15 is 0 Å². The molecule has 1 saturated heterocycles. The molecule has 1 fully saturated rings. The summed E-state index contributed by atoms with van der Waals surface area (Å²) in [6, 6.07) is 14.3. The van der Waals surface area contributed by atoms with Gasteiger partial charge >= 0.3 is 6.09 Å². The van der Waals surface area contributed by atoms with Crippen molar-refractivity contribution < 1.29 is 19.1 Å². The van der Waals surface area contributed by atoms with E-state index in [9.17, 15) is 9.59 Å². The second-order valence-corrected chi connectivity index (χ2v) is 7.57. The summed E-state index contributed by atoms with van der Waals surface area (Å²) >= 11 is 0. The van der Waals surface area contributed by atoms with Gasteiger partial charge in [0.1, 0.15) is 24.8 Å². The van der Waals surface area contributed by atoms with Crippen molar-refractivity contribution in [2.24, 2.45) is 0 Å². The van der Waals surface area contributed by atoms with Crippen molar-refractivity contribution in [3.63, 3.8) is 0 Å². The minimum Gasteiger partial charge on any atom is -0.445 e. The van der Waals surface area contributed by atoms with Gasteiger partial charge in [0.2, 0.25) is 5.91 Å². The predicted molar refractivity (Wildman–Crippen MR) is 118 cm³/mol. The van der Waals surface area contributed by atoms with E-state index in [1.54, 1.807) is 4.90 Å². The zero-order valence-corrected chi connectivity index (χ0v) is 17.8. The van der Waals surface area contributed by atoms with Gasteiger partial charge in [-0.15, -0.1) is 0 Å². The minimum absolute atomic E-state index is 0.0945. The number of hydrogen-bond acceptors (Lipinski definition) is 7. The molecule has 1 unspecified atom stereocenters. The van der Waals surface area contributed by atoms with Crippen LogP contribution in [0.3, 0.4) is 0 Å². The van der Waals surface area contributed by atoms with Crippen molar-refractivity contribution in [2.75, 3.05) is 32.5 Å². The maximum Gasteiger partial charge on any atom is 0.410 e. The molecule has 0 radical (unpaired) electrons. The number of nitrogens with zero attached hydrogens (tertiary/aromatic N) is 4. The van der Waals surface area contributed by atoms with Gasteiger partial charge in [-0.3, -0.25) is 9.69 Å². The fourth-order valence-electron chi connectivity index (χ4n) is 3.78. The quantitative estimate of drug-likeness (QED) is 0.632. The second-order valence-electron chi connectivity index (χ2n) is 7.57. The molecule has 0 saturated carbocycles. The van der Waals surface area contributed by atoms with E-state index < -0.39 is 12.1 Å². The third kappa shape index (κ3) is 4.62. The number of carbonyl (C=O) groups is 2. The highest BCUT2D eigenvalue weighted by Gasteiger charge is 2.38. The molecule has 9 heteroatoms. The highest BCUT2D eigenvalue weighted by molar-refractivity contribution is 5.89. The molecule has 4 rings (SSSR count). The Bertz CT molecular complexity index is 1110. The van der Waals surface area contributed by atoms with Crippen molar-refractivity contribution in [1.82, 2.24) is 19.8 Å². The largest absolute Gasteiger partial charge is 0.445 e. The van der Waals surface area contributed by atoms with Gasteiger partial charge in [0.25, 0.3) is 0 Å². The van der Waals surface area contributed by atoms with E-state index in [0.717, 1.165) is 22.0 Å². The molecule has 3 aromatic rings. The molecule has 0 aliphatic carbocycles. The third-order valence-corrected chi connectivity index (χ3v) is 5.45. The number of nitrogens with two attached hydrogens (primary N) is 1. The van der Waals surface area contributed by atoms with Gasteiger partial charge in [-0.2, -0.15) is 0 Å². The fourth-order valence-corrected chi connectivity index (χ4v) is 3.78. The molecule has 32 heavy (non-hydrogen) atoms. The van der Waals surface area contributed by atoms with Crippen LogP contribution in [-0.2, 0) is 27.4 Å². The van der Waals surface area contributed by atoms with Crippen LogP contribution >= 0.6 is 0 Å². The van der Waals surface area contributed by atoms with Crippen LogP contribution in [0, 0.1) is 0 Å². The number of anilines is 1. The molecule has 2 N–H and O–H groups in total. The van der Waals surface area contributed by atoms with Crippen LogP contribution in [0.5, 0.6) is 0 Å². The summed E-state index contributed by atoms with van der Waals surface area (Å²) in [5.74, 6) is 0.234. The number of rotatable bonds is 6. The molecule has 2 aromatic carbocycles. The van der Waals surface area contributed by atoms with Gasteiger partial charge in [-0.05, 0) is 23.3 Å². The molecule has 166 valence electrons. The lowest BCUT2D eigenvalue weighted by Gasteiger charge is -2.39.